The van der Waals surface area contributed by atoms with Crippen molar-refractivity contribution in [3.8, 4) is 0 Å². The minimum atomic E-state index is -2.21. The lowest BCUT2D eigenvalue weighted by Crippen LogP contribution is -2.75. The van der Waals surface area contributed by atoms with E-state index in [0.717, 1.165) is 0 Å². The summed E-state index contributed by atoms with van der Waals surface area (Å²) in [5.41, 5.74) is -12.5. The van der Waals surface area contributed by atoms with Gasteiger partial charge in [-0.05, 0) is 31.6 Å². The highest BCUT2D eigenvalue weighted by Crippen LogP contribution is 2.90. The van der Waals surface area contributed by atoms with Crippen LogP contribution in [0.3, 0.4) is 0 Å². The maximum atomic E-state index is 12.3. The Bertz CT molecular complexity index is 759. The smallest absolute Gasteiger partial charge is 0.178 e. The van der Waals surface area contributed by atoms with Gasteiger partial charge in [-0.1, -0.05) is 27.7 Å². The summed E-state index contributed by atoms with van der Waals surface area (Å²) in [6.07, 6.45) is -0.869. The Kier molecular flexibility index (Phi) is 2.86. The van der Waals surface area contributed by atoms with Crippen LogP contribution in [0.1, 0.15) is 60.3 Å². The van der Waals surface area contributed by atoms with Crippen LogP contribution in [0, 0.1) is 22.7 Å². The van der Waals surface area contributed by atoms with Crippen LogP contribution in [0.25, 0.3) is 0 Å². The molecule has 10 atom stereocenters. The zero-order chi connectivity index (χ0) is 20.3. The standard InChI is InChI=1S/C20H32O7/c1-10(2)15(22)9-17(24)13(4)8-18(25)14(15,5)20(17,26)19(27-18)12(21)11(3)6-7-16(13,19)23/h10-12,21-26H,6-9H2,1-5H3/t11?,12?,13-,14-,15-,16-,17+,18+,19+,20+/m0/s1. The molecule has 6 N–H and O–H groups in total. The van der Waals surface area contributed by atoms with Gasteiger partial charge in [0.25, 0.3) is 0 Å². The van der Waals surface area contributed by atoms with E-state index in [-0.39, 0.29) is 25.2 Å². The molecule has 2 heterocycles. The fraction of sp³-hybridized carbons (Fsp3) is 1.00. The van der Waals surface area contributed by atoms with E-state index < -0.39 is 56.6 Å². The van der Waals surface area contributed by atoms with Gasteiger partial charge in [0, 0.05) is 18.3 Å². The molecule has 2 saturated heterocycles. The predicted molar refractivity (Wildman–Crippen MR) is 93.3 cm³/mol. The molecule has 27 heavy (non-hydrogen) atoms. The summed E-state index contributed by atoms with van der Waals surface area (Å²) >= 11 is 0. The SMILES string of the molecule is CC1CC[C@]2(O)[C@]3(C)C[C@@]4(O)O[C@@]2(C1O)[C@]1(O)[C@@]3(O)C[C@](O)(C(C)C)[C@]14C. The summed E-state index contributed by atoms with van der Waals surface area (Å²) in [5.74, 6) is -2.69. The molecule has 6 fully saturated rings. The van der Waals surface area contributed by atoms with Crippen LogP contribution < -0.4 is 0 Å². The molecule has 6 bridgehead atoms. The van der Waals surface area contributed by atoms with Crippen molar-refractivity contribution in [3.05, 3.63) is 0 Å². The number of aliphatic hydroxyl groups is 6. The molecule has 4 aliphatic carbocycles. The highest BCUT2D eigenvalue weighted by molar-refractivity contribution is 5.54. The lowest BCUT2D eigenvalue weighted by molar-refractivity contribution is -0.390. The number of hydrogen-bond donors (Lipinski definition) is 6. The molecule has 7 nitrogen and oxygen atoms in total. The lowest BCUT2D eigenvalue weighted by Gasteiger charge is -2.60. The first kappa shape index (κ1) is 18.7. The van der Waals surface area contributed by atoms with Gasteiger partial charge in [-0.2, -0.15) is 0 Å². The van der Waals surface area contributed by atoms with Crippen LogP contribution in [0.5, 0.6) is 0 Å². The van der Waals surface area contributed by atoms with Crippen molar-refractivity contribution in [2.75, 3.05) is 0 Å². The predicted octanol–water partition coefficient (Wildman–Crippen LogP) is -0.351. The van der Waals surface area contributed by atoms with Crippen molar-refractivity contribution in [2.45, 2.75) is 100 Å². The third-order valence-corrected chi connectivity index (χ3v) is 10.3. The Morgan fingerprint density at radius 3 is 2.11 bits per heavy atom. The molecule has 154 valence electrons. The van der Waals surface area contributed by atoms with Crippen molar-refractivity contribution >= 4 is 0 Å². The Morgan fingerprint density at radius 1 is 0.963 bits per heavy atom. The highest BCUT2D eigenvalue weighted by atomic mass is 16.7. The van der Waals surface area contributed by atoms with Crippen molar-refractivity contribution in [2.24, 2.45) is 22.7 Å². The van der Waals surface area contributed by atoms with Gasteiger partial charge in [0.1, 0.15) is 16.8 Å². The molecule has 0 radical (unpaired) electrons. The number of rotatable bonds is 1. The summed E-state index contributed by atoms with van der Waals surface area (Å²) < 4.78 is 6.12. The number of ether oxygens (including phenoxy) is 1. The second-order valence-electron chi connectivity index (χ2n) is 10.9. The van der Waals surface area contributed by atoms with E-state index in [1.165, 1.54) is 6.92 Å². The van der Waals surface area contributed by atoms with Gasteiger partial charge in [0.2, 0.25) is 0 Å². The van der Waals surface area contributed by atoms with Crippen LogP contribution >= 0.6 is 0 Å². The lowest BCUT2D eigenvalue weighted by atomic mass is 9.52. The first-order valence-corrected chi connectivity index (χ1v) is 10.1. The van der Waals surface area contributed by atoms with Gasteiger partial charge >= 0.3 is 0 Å². The maximum Gasteiger partial charge on any atom is 0.178 e. The van der Waals surface area contributed by atoms with Crippen LogP contribution in [-0.2, 0) is 4.74 Å². The minimum absolute atomic E-state index is 0.121. The van der Waals surface area contributed by atoms with Crippen LogP contribution in [-0.4, -0.2) is 70.5 Å². The molecule has 1 spiro atoms. The first-order chi connectivity index (χ1) is 12.1. The van der Waals surface area contributed by atoms with E-state index in [9.17, 15) is 30.6 Å². The topological polar surface area (TPSA) is 131 Å². The van der Waals surface area contributed by atoms with Gasteiger partial charge in [0.05, 0.1) is 17.1 Å². The normalized spacial score (nSPS) is 71.6. The summed E-state index contributed by atoms with van der Waals surface area (Å²) in [7, 11) is 0. The van der Waals surface area contributed by atoms with Crippen molar-refractivity contribution in [1.82, 2.24) is 0 Å². The molecule has 6 rings (SSSR count). The minimum Gasteiger partial charge on any atom is -0.390 e. The Hall–Kier alpha value is -0.280. The van der Waals surface area contributed by atoms with E-state index in [4.69, 9.17) is 4.74 Å². The van der Waals surface area contributed by atoms with Crippen LogP contribution in [0.15, 0.2) is 0 Å². The quantitative estimate of drug-likeness (QED) is 0.364. The molecular formula is C20H32O7. The monoisotopic (exact) mass is 384 g/mol. The van der Waals surface area contributed by atoms with Crippen LogP contribution in [0.2, 0.25) is 0 Å². The van der Waals surface area contributed by atoms with Gasteiger partial charge < -0.3 is 35.4 Å². The molecule has 6 aliphatic rings. The molecular weight excluding hydrogens is 352 g/mol. The van der Waals surface area contributed by atoms with Crippen molar-refractivity contribution < 1.29 is 35.4 Å². The fourth-order valence-electron chi connectivity index (χ4n) is 8.64. The molecule has 4 saturated carbocycles. The molecule has 0 aromatic carbocycles. The second kappa shape index (κ2) is 4.13. The zero-order valence-electron chi connectivity index (χ0n) is 16.7. The van der Waals surface area contributed by atoms with Gasteiger partial charge in [-0.3, -0.25) is 0 Å². The Morgan fingerprint density at radius 2 is 1.56 bits per heavy atom. The maximum absolute atomic E-state index is 12.3. The Balaban J connectivity index is 1.94. The summed E-state index contributed by atoms with van der Waals surface area (Å²) in [6, 6.07) is 0. The van der Waals surface area contributed by atoms with E-state index in [2.05, 4.69) is 0 Å². The van der Waals surface area contributed by atoms with Gasteiger partial charge in [0.15, 0.2) is 11.4 Å². The molecule has 2 unspecified atom stereocenters. The second-order valence-corrected chi connectivity index (χ2v) is 10.9. The number of hydrogen-bond acceptors (Lipinski definition) is 7. The largest absolute Gasteiger partial charge is 0.390 e. The van der Waals surface area contributed by atoms with Gasteiger partial charge in [-0.15, -0.1) is 0 Å². The summed E-state index contributed by atoms with van der Waals surface area (Å²) in [6.45, 7) is 8.55. The third kappa shape index (κ3) is 1.16. The molecule has 7 heteroatoms. The zero-order valence-corrected chi connectivity index (χ0v) is 16.7. The fourth-order valence-corrected chi connectivity index (χ4v) is 8.64. The average molecular weight is 384 g/mol. The summed E-state index contributed by atoms with van der Waals surface area (Å²) in [5, 5.41) is 70.9. The Labute approximate surface area is 159 Å². The number of aliphatic hydroxyl groups excluding tert-OH is 1. The molecule has 0 aromatic heterocycles. The summed E-state index contributed by atoms with van der Waals surface area (Å²) in [4.78, 5) is 0. The van der Waals surface area contributed by atoms with E-state index in [1.807, 2.05) is 0 Å². The average Bonchev–Trinajstić information content (AvgIpc) is 2.82. The molecule has 0 amide bonds. The third-order valence-electron chi connectivity index (χ3n) is 10.3. The first-order valence-electron chi connectivity index (χ1n) is 10.1. The van der Waals surface area contributed by atoms with Crippen molar-refractivity contribution in [3.63, 3.8) is 0 Å². The van der Waals surface area contributed by atoms with Crippen LogP contribution in [0.4, 0.5) is 0 Å². The van der Waals surface area contributed by atoms with Crippen molar-refractivity contribution in [1.29, 1.82) is 0 Å². The molecule has 0 aromatic rings. The van der Waals surface area contributed by atoms with Gasteiger partial charge in [-0.25, -0.2) is 0 Å². The van der Waals surface area contributed by atoms with E-state index >= 15 is 0 Å². The molecule has 2 aliphatic heterocycles. The highest BCUT2D eigenvalue weighted by Gasteiger charge is 3.07. The van der Waals surface area contributed by atoms with E-state index in [0.29, 0.717) is 6.42 Å². The van der Waals surface area contributed by atoms with E-state index in [1.54, 1.807) is 27.7 Å².